The molecule has 1 saturated carbocycles. The molecule has 1 fully saturated rings. The molecule has 1 aromatic rings. The molecule has 0 bridgehead atoms. The van der Waals surface area contributed by atoms with Gasteiger partial charge in [0.25, 0.3) is 0 Å². The van der Waals surface area contributed by atoms with Gasteiger partial charge in [0.05, 0.1) is 17.4 Å². The number of nitrogens with two attached hydrogens (primary N) is 1. The van der Waals surface area contributed by atoms with Crippen LogP contribution in [0.5, 0.6) is 0 Å². The van der Waals surface area contributed by atoms with Crippen LogP contribution in [0.3, 0.4) is 0 Å². The highest BCUT2D eigenvalue weighted by atomic mass is 79.9. The van der Waals surface area contributed by atoms with Crippen molar-refractivity contribution in [2.24, 2.45) is 5.73 Å². The summed E-state index contributed by atoms with van der Waals surface area (Å²) in [5.41, 5.74) is 4.80. The molecule has 0 aromatic heterocycles. The second kappa shape index (κ2) is 5.34. The van der Waals surface area contributed by atoms with Crippen LogP contribution in [0.25, 0.3) is 0 Å². The Bertz CT molecular complexity index is 706. The van der Waals surface area contributed by atoms with Crippen LogP contribution in [-0.2, 0) is 15.4 Å². The van der Waals surface area contributed by atoms with Crippen molar-refractivity contribution in [1.82, 2.24) is 0 Å². The van der Waals surface area contributed by atoms with Crippen LogP contribution in [0.4, 0.5) is 4.39 Å². The van der Waals surface area contributed by atoms with Crippen molar-refractivity contribution in [2.75, 3.05) is 5.75 Å². The van der Waals surface area contributed by atoms with Crippen molar-refractivity contribution in [3.8, 4) is 6.07 Å². The van der Waals surface area contributed by atoms with E-state index in [1.807, 2.05) is 6.07 Å². The van der Waals surface area contributed by atoms with Gasteiger partial charge in [0.2, 0.25) is 0 Å². The molecule has 1 aliphatic carbocycles. The lowest BCUT2D eigenvalue weighted by atomic mass is 9.86. The van der Waals surface area contributed by atoms with Crippen molar-refractivity contribution in [1.29, 1.82) is 5.26 Å². The summed E-state index contributed by atoms with van der Waals surface area (Å²) in [7, 11) is -3.74. The summed E-state index contributed by atoms with van der Waals surface area (Å²) >= 11 is 3.22. The highest BCUT2D eigenvalue weighted by Crippen LogP contribution is 2.41. The van der Waals surface area contributed by atoms with Gasteiger partial charge in [-0.25, -0.2) is 12.8 Å². The average molecular weight is 375 g/mol. The number of nitrogens with zero attached hydrogens (tertiary/aromatic N) is 1. The molecule has 2 N–H and O–H groups in total. The van der Waals surface area contributed by atoms with E-state index in [4.69, 9.17) is 5.73 Å². The van der Waals surface area contributed by atoms with Gasteiger partial charge >= 0.3 is 0 Å². The smallest absolute Gasteiger partial charge is 0.171 e. The van der Waals surface area contributed by atoms with Crippen LogP contribution < -0.4 is 5.73 Å². The number of rotatable bonds is 4. The van der Waals surface area contributed by atoms with Crippen LogP contribution in [-0.4, -0.2) is 18.9 Å². The predicted octanol–water partition coefficient (Wildman–Crippen LogP) is 2.62. The Kier molecular flexibility index (Phi) is 4.17. The Hall–Kier alpha value is -0.970. The molecule has 21 heavy (non-hydrogen) atoms. The van der Waals surface area contributed by atoms with Gasteiger partial charge in [-0.3, -0.25) is 0 Å². The van der Waals surface area contributed by atoms with Gasteiger partial charge in [-0.2, -0.15) is 5.26 Å². The molecule has 7 heteroatoms. The molecule has 1 aromatic carbocycles. The van der Waals surface area contributed by atoms with E-state index in [-0.39, 0.29) is 5.56 Å². The third-order valence-corrected chi connectivity index (χ3v) is 7.16. The van der Waals surface area contributed by atoms with Gasteiger partial charge in [-0.15, -0.1) is 0 Å². The molecule has 0 saturated heterocycles. The molecular weight excluding hydrogens is 359 g/mol. The lowest BCUT2D eigenvalue weighted by Gasteiger charge is -2.37. The number of nitriles is 1. The number of sulfone groups is 1. The van der Waals surface area contributed by atoms with E-state index in [1.165, 1.54) is 25.1 Å². The third-order valence-electron chi connectivity index (χ3n) is 3.99. The summed E-state index contributed by atoms with van der Waals surface area (Å²) < 4.78 is 38.2. The molecule has 0 heterocycles. The fourth-order valence-corrected chi connectivity index (χ4v) is 5.17. The minimum Gasteiger partial charge on any atom is -0.321 e. The SMILES string of the molecule is C[C@](N)(CS(=O)(=O)C1(C#N)CCC1)c1cc(Br)ccc1F. The minimum absolute atomic E-state index is 0.118. The maximum absolute atomic E-state index is 14.0. The van der Waals surface area contributed by atoms with Gasteiger partial charge < -0.3 is 5.73 Å². The van der Waals surface area contributed by atoms with E-state index in [2.05, 4.69) is 15.9 Å². The number of hydrogen-bond donors (Lipinski definition) is 1. The number of halogens is 2. The lowest BCUT2D eigenvalue weighted by Crippen LogP contribution is -2.51. The first-order valence-corrected chi connectivity index (χ1v) is 8.96. The minimum atomic E-state index is -3.74. The second-order valence-corrected chi connectivity index (χ2v) is 8.98. The molecule has 0 spiro atoms. The van der Waals surface area contributed by atoms with Gasteiger partial charge in [0.15, 0.2) is 14.6 Å². The lowest BCUT2D eigenvalue weighted by molar-refractivity contribution is 0.397. The highest BCUT2D eigenvalue weighted by Gasteiger charge is 2.51. The zero-order valence-electron chi connectivity index (χ0n) is 11.6. The molecule has 0 radical (unpaired) electrons. The summed E-state index contributed by atoms with van der Waals surface area (Å²) in [6.45, 7) is 1.47. The number of benzene rings is 1. The van der Waals surface area contributed by atoms with Gasteiger partial charge in [0, 0.05) is 10.0 Å². The van der Waals surface area contributed by atoms with Gasteiger partial charge in [0.1, 0.15) is 5.82 Å². The van der Waals surface area contributed by atoms with Crippen molar-refractivity contribution >= 4 is 25.8 Å². The highest BCUT2D eigenvalue weighted by molar-refractivity contribution is 9.10. The van der Waals surface area contributed by atoms with Crippen LogP contribution in [0, 0.1) is 17.1 Å². The first kappa shape index (κ1) is 16.4. The molecule has 2 rings (SSSR count). The van der Waals surface area contributed by atoms with Crippen molar-refractivity contribution in [3.63, 3.8) is 0 Å². The Labute approximate surface area is 132 Å². The van der Waals surface area contributed by atoms with E-state index in [9.17, 15) is 18.1 Å². The molecule has 114 valence electrons. The fraction of sp³-hybridized carbons (Fsp3) is 0.500. The van der Waals surface area contributed by atoms with Crippen molar-refractivity contribution in [3.05, 3.63) is 34.1 Å². The molecule has 0 unspecified atom stereocenters. The first-order valence-electron chi connectivity index (χ1n) is 6.52. The maximum Gasteiger partial charge on any atom is 0.171 e. The Balaban J connectivity index is 2.38. The topological polar surface area (TPSA) is 84.0 Å². The zero-order chi connectivity index (χ0) is 15.9. The molecular formula is C14H16BrFN2O2S. The van der Waals surface area contributed by atoms with E-state index < -0.39 is 31.7 Å². The van der Waals surface area contributed by atoms with E-state index in [1.54, 1.807) is 0 Å². The van der Waals surface area contributed by atoms with Crippen LogP contribution >= 0.6 is 15.9 Å². The van der Waals surface area contributed by atoms with Crippen LogP contribution in [0.2, 0.25) is 0 Å². The largest absolute Gasteiger partial charge is 0.321 e. The number of hydrogen-bond acceptors (Lipinski definition) is 4. The van der Waals surface area contributed by atoms with Crippen LogP contribution in [0.1, 0.15) is 31.7 Å². The maximum atomic E-state index is 14.0. The molecule has 0 aliphatic heterocycles. The predicted molar refractivity (Wildman–Crippen MR) is 81.6 cm³/mol. The Morgan fingerprint density at radius 1 is 1.52 bits per heavy atom. The summed E-state index contributed by atoms with van der Waals surface area (Å²) in [5.74, 6) is -1.01. The van der Waals surface area contributed by atoms with Crippen molar-refractivity contribution < 1.29 is 12.8 Å². The Morgan fingerprint density at radius 3 is 2.62 bits per heavy atom. The van der Waals surface area contributed by atoms with E-state index in [0.29, 0.717) is 23.7 Å². The summed E-state index contributed by atoms with van der Waals surface area (Å²) in [6.07, 6.45) is 1.35. The quantitative estimate of drug-likeness (QED) is 0.877. The molecule has 1 atom stereocenters. The summed E-state index contributed by atoms with van der Waals surface area (Å²) in [6, 6.07) is 6.14. The second-order valence-electron chi connectivity index (χ2n) is 5.76. The summed E-state index contributed by atoms with van der Waals surface area (Å²) in [4.78, 5) is 0. The Morgan fingerprint density at radius 2 is 2.14 bits per heavy atom. The van der Waals surface area contributed by atoms with Gasteiger partial charge in [-0.05, 0) is 44.4 Å². The third kappa shape index (κ3) is 2.85. The first-order chi connectivity index (χ1) is 9.63. The molecule has 1 aliphatic rings. The van der Waals surface area contributed by atoms with Crippen LogP contribution in [0.15, 0.2) is 22.7 Å². The summed E-state index contributed by atoms with van der Waals surface area (Å²) in [5, 5.41) is 9.19. The van der Waals surface area contributed by atoms with Crippen molar-refractivity contribution in [2.45, 2.75) is 36.5 Å². The average Bonchev–Trinajstić information content (AvgIpc) is 2.29. The molecule has 4 nitrogen and oxygen atoms in total. The normalized spacial score (nSPS) is 20.1. The fourth-order valence-electron chi connectivity index (χ4n) is 2.54. The standard InChI is InChI=1S/C14H16BrFN2O2S/c1-13(18,11-7-10(15)3-4-12(11)16)9-21(19,20)14(8-17)5-2-6-14/h3-4,7H,2,5-6,9,18H2,1H3/t13-/m0/s1. The zero-order valence-corrected chi connectivity index (χ0v) is 14.0. The van der Waals surface area contributed by atoms with E-state index >= 15 is 0 Å². The monoisotopic (exact) mass is 374 g/mol. The van der Waals surface area contributed by atoms with Gasteiger partial charge in [-0.1, -0.05) is 15.9 Å². The molecule has 0 amide bonds. The van der Waals surface area contributed by atoms with E-state index in [0.717, 1.165) is 0 Å².